The van der Waals surface area contributed by atoms with Crippen molar-refractivity contribution >= 4 is 0 Å². The normalized spacial score (nSPS) is 26.5. The third kappa shape index (κ3) is 2.76. The van der Waals surface area contributed by atoms with Gasteiger partial charge in [-0.25, -0.2) is 0 Å². The van der Waals surface area contributed by atoms with Crippen LogP contribution in [-0.4, -0.2) is 37.1 Å². The molecule has 1 aliphatic heterocycles. The number of likely N-dealkylation sites (N-methyl/N-ethyl adjacent to an activating group) is 1. The van der Waals surface area contributed by atoms with E-state index in [4.69, 9.17) is 0 Å². The van der Waals surface area contributed by atoms with Crippen LogP contribution in [0.25, 0.3) is 0 Å². The molecule has 1 saturated heterocycles. The van der Waals surface area contributed by atoms with E-state index in [0.717, 1.165) is 12.1 Å². The van der Waals surface area contributed by atoms with Crippen molar-refractivity contribution in [3.05, 3.63) is 0 Å². The first-order valence-corrected chi connectivity index (χ1v) is 5.17. The Morgan fingerprint density at radius 1 is 1.58 bits per heavy atom. The van der Waals surface area contributed by atoms with Gasteiger partial charge in [-0.15, -0.1) is 0 Å². The highest BCUT2D eigenvalue weighted by Crippen LogP contribution is 2.08. The third-order valence-electron chi connectivity index (χ3n) is 3.01. The summed E-state index contributed by atoms with van der Waals surface area (Å²) in [5.41, 5.74) is 0. The van der Waals surface area contributed by atoms with Crippen molar-refractivity contribution in [1.82, 2.24) is 10.2 Å². The van der Waals surface area contributed by atoms with E-state index in [2.05, 4.69) is 31.1 Å². The molecular formula is C10H22N2. The van der Waals surface area contributed by atoms with E-state index in [1.165, 1.54) is 32.4 Å². The molecule has 0 aromatic rings. The first-order chi connectivity index (χ1) is 5.74. The first-order valence-electron chi connectivity index (χ1n) is 5.17. The van der Waals surface area contributed by atoms with E-state index in [1.807, 2.05) is 0 Å². The Balaban J connectivity index is 2.19. The maximum absolute atomic E-state index is 3.52. The van der Waals surface area contributed by atoms with E-state index < -0.39 is 0 Å². The van der Waals surface area contributed by atoms with Gasteiger partial charge >= 0.3 is 0 Å². The summed E-state index contributed by atoms with van der Waals surface area (Å²) in [4.78, 5) is 2.46. The van der Waals surface area contributed by atoms with Crippen molar-refractivity contribution in [2.45, 2.75) is 45.2 Å². The summed E-state index contributed by atoms with van der Waals surface area (Å²) < 4.78 is 0. The van der Waals surface area contributed by atoms with Gasteiger partial charge in [0.1, 0.15) is 0 Å². The number of hydrogen-bond donors (Lipinski definition) is 1. The van der Waals surface area contributed by atoms with Gasteiger partial charge in [-0.1, -0.05) is 6.92 Å². The van der Waals surface area contributed by atoms with Crippen LogP contribution >= 0.6 is 0 Å². The smallest absolute Gasteiger partial charge is 0.0195 e. The molecule has 2 nitrogen and oxygen atoms in total. The topological polar surface area (TPSA) is 15.3 Å². The van der Waals surface area contributed by atoms with Crippen molar-refractivity contribution < 1.29 is 0 Å². The van der Waals surface area contributed by atoms with Crippen LogP contribution in [0.2, 0.25) is 0 Å². The number of hydrogen-bond acceptors (Lipinski definition) is 2. The zero-order valence-electron chi connectivity index (χ0n) is 8.64. The highest BCUT2D eigenvalue weighted by molar-refractivity contribution is 4.78. The van der Waals surface area contributed by atoms with Crippen LogP contribution in [0, 0.1) is 0 Å². The molecule has 0 amide bonds. The Morgan fingerprint density at radius 2 is 2.33 bits per heavy atom. The lowest BCUT2D eigenvalue weighted by Gasteiger charge is -2.26. The van der Waals surface area contributed by atoms with Crippen LogP contribution in [0.3, 0.4) is 0 Å². The van der Waals surface area contributed by atoms with Crippen molar-refractivity contribution in [2.24, 2.45) is 0 Å². The Bertz CT molecular complexity index is 119. The molecule has 1 rings (SSSR count). The van der Waals surface area contributed by atoms with Crippen LogP contribution in [0.5, 0.6) is 0 Å². The van der Waals surface area contributed by atoms with E-state index in [9.17, 15) is 0 Å². The lowest BCUT2D eigenvalue weighted by molar-refractivity contribution is 0.230. The zero-order chi connectivity index (χ0) is 8.97. The summed E-state index contributed by atoms with van der Waals surface area (Å²) >= 11 is 0. The molecule has 12 heavy (non-hydrogen) atoms. The Kier molecular flexibility index (Phi) is 4.02. The van der Waals surface area contributed by atoms with Gasteiger partial charge in [0.05, 0.1) is 0 Å². The van der Waals surface area contributed by atoms with E-state index in [0.29, 0.717) is 0 Å². The maximum Gasteiger partial charge on any atom is 0.0195 e. The van der Waals surface area contributed by atoms with Crippen molar-refractivity contribution in [3.63, 3.8) is 0 Å². The minimum atomic E-state index is 0.729. The quantitative estimate of drug-likeness (QED) is 0.687. The van der Waals surface area contributed by atoms with Gasteiger partial charge in [-0.2, -0.15) is 0 Å². The van der Waals surface area contributed by atoms with Gasteiger partial charge in [0.15, 0.2) is 0 Å². The molecule has 0 radical (unpaired) electrons. The monoisotopic (exact) mass is 170 g/mol. The summed E-state index contributed by atoms with van der Waals surface area (Å²) in [7, 11) is 2.23. The van der Waals surface area contributed by atoms with Crippen LogP contribution in [0.4, 0.5) is 0 Å². The van der Waals surface area contributed by atoms with E-state index >= 15 is 0 Å². The average molecular weight is 170 g/mol. The van der Waals surface area contributed by atoms with Crippen molar-refractivity contribution in [1.29, 1.82) is 0 Å². The number of nitrogens with one attached hydrogen (secondary N) is 1. The molecule has 2 atom stereocenters. The van der Waals surface area contributed by atoms with Gasteiger partial charge in [0.2, 0.25) is 0 Å². The molecule has 0 saturated carbocycles. The third-order valence-corrected chi connectivity index (χ3v) is 3.01. The first kappa shape index (κ1) is 10.0. The Hall–Kier alpha value is -0.0800. The molecule has 0 aromatic heterocycles. The van der Waals surface area contributed by atoms with Crippen LogP contribution in [0.1, 0.15) is 33.1 Å². The van der Waals surface area contributed by atoms with Crippen LogP contribution in [-0.2, 0) is 0 Å². The van der Waals surface area contributed by atoms with E-state index in [1.54, 1.807) is 0 Å². The second-order valence-corrected chi connectivity index (χ2v) is 3.99. The average Bonchev–Trinajstić information content (AvgIpc) is 2.55. The predicted molar refractivity (Wildman–Crippen MR) is 53.4 cm³/mol. The largest absolute Gasteiger partial charge is 0.313 e. The summed E-state index contributed by atoms with van der Waals surface area (Å²) in [5, 5.41) is 3.52. The van der Waals surface area contributed by atoms with Crippen molar-refractivity contribution in [2.75, 3.05) is 20.1 Å². The van der Waals surface area contributed by atoms with Gasteiger partial charge in [-0.05, 0) is 39.8 Å². The fourth-order valence-electron chi connectivity index (χ4n) is 1.75. The second kappa shape index (κ2) is 4.83. The van der Waals surface area contributed by atoms with Gasteiger partial charge in [-0.3, -0.25) is 0 Å². The van der Waals surface area contributed by atoms with E-state index in [-0.39, 0.29) is 0 Å². The summed E-state index contributed by atoms with van der Waals surface area (Å²) in [6.07, 6.45) is 3.98. The standard InChI is InChI=1S/C10H22N2/c1-4-9(2)12(3)8-10-6-5-7-11-10/h9-11H,4-8H2,1-3H3/t9?,10-/m1/s1. The molecule has 0 bridgehead atoms. The molecule has 1 unspecified atom stereocenters. The minimum Gasteiger partial charge on any atom is -0.313 e. The fraction of sp³-hybridized carbons (Fsp3) is 1.00. The fourth-order valence-corrected chi connectivity index (χ4v) is 1.75. The molecule has 2 heteroatoms. The van der Waals surface area contributed by atoms with Gasteiger partial charge < -0.3 is 10.2 Å². The number of rotatable bonds is 4. The predicted octanol–water partition coefficient (Wildman–Crippen LogP) is 1.47. The molecule has 1 N–H and O–H groups in total. The molecule has 0 spiro atoms. The number of nitrogens with zero attached hydrogens (tertiary/aromatic N) is 1. The molecule has 1 aliphatic rings. The van der Waals surface area contributed by atoms with Crippen LogP contribution in [0.15, 0.2) is 0 Å². The Labute approximate surface area is 76.3 Å². The zero-order valence-corrected chi connectivity index (χ0v) is 8.64. The maximum atomic E-state index is 3.52. The summed E-state index contributed by atoms with van der Waals surface area (Å²) in [6, 6.07) is 1.48. The van der Waals surface area contributed by atoms with Gasteiger partial charge in [0, 0.05) is 18.6 Å². The Morgan fingerprint density at radius 3 is 2.83 bits per heavy atom. The lowest BCUT2D eigenvalue weighted by atomic mass is 10.2. The molecule has 1 heterocycles. The van der Waals surface area contributed by atoms with Crippen LogP contribution < -0.4 is 5.32 Å². The molecule has 0 aliphatic carbocycles. The van der Waals surface area contributed by atoms with Crippen molar-refractivity contribution in [3.8, 4) is 0 Å². The highest BCUT2D eigenvalue weighted by Gasteiger charge is 2.17. The lowest BCUT2D eigenvalue weighted by Crippen LogP contribution is -2.39. The molecule has 72 valence electrons. The summed E-state index contributed by atoms with van der Waals surface area (Å²) in [6.45, 7) is 6.99. The second-order valence-electron chi connectivity index (χ2n) is 3.99. The molecular weight excluding hydrogens is 148 g/mol. The minimum absolute atomic E-state index is 0.729. The summed E-state index contributed by atoms with van der Waals surface area (Å²) in [5.74, 6) is 0. The van der Waals surface area contributed by atoms with Gasteiger partial charge in [0.25, 0.3) is 0 Å². The SMILES string of the molecule is CCC(C)N(C)C[C@H]1CCCN1. The molecule has 1 fully saturated rings. The highest BCUT2D eigenvalue weighted by atomic mass is 15.2. The molecule has 0 aromatic carbocycles.